The summed E-state index contributed by atoms with van der Waals surface area (Å²) in [6, 6.07) is 0. The molecule has 11 heavy (non-hydrogen) atoms. The Balaban J connectivity index is 2.41. The van der Waals surface area contributed by atoms with Crippen LogP contribution in [-0.2, 0) is 6.54 Å². The van der Waals surface area contributed by atoms with Gasteiger partial charge in [0.25, 0.3) is 0 Å². The number of nitrogens with zero attached hydrogens (tertiary/aromatic N) is 3. The zero-order valence-corrected chi connectivity index (χ0v) is 6.45. The van der Waals surface area contributed by atoms with Crippen molar-refractivity contribution >= 4 is 5.57 Å². The predicted octanol–water partition coefficient (Wildman–Crippen LogP) is 1.48. The summed E-state index contributed by atoms with van der Waals surface area (Å²) >= 11 is 0. The minimum Gasteiger partial charge on any atom is -0.246 e. The monoisotopic (exact) mass is 149 g/mol. The van der Waals surface area contributed by atoms with Crippen LogP contribution in [0.3, 0.4) is 0 Å². The highest BCUT2D eigenvalue weighted by molar-refractivity contribution is 5.56. The Hall–Kier alpha value is -1.12. The molecule has 0 bridgehead atoms. The molecule has 0 aromatic carbocycles. The fraction of sp³-hybridized carbons (Fsp3) is 0.500. The van der Waals surface area contributed by atoms with E-state index in [1.165, 1.54) is 12.8 Å². The van der Waals surface area contributed by atoms with Gasteiger partial charge in [0.15, 0.2) is 5.82 Å². The van der Waals surface area contributed by atoms with E-state index < -0.39 is 0 Å². The zero-order chi connectivity index (χ0) is 7.68. The van der Waals surface area contributed by atoms with Crippen molar-refractivity contribution < 1.29 is 0 Å². The standard InChI is InChI=1S/C8H11N3/c1-7-4-2-3-5-11-8(7)9-6-10-11/h6H,1-5H2. The first-order chi connectivity index (χ1) is 5.38. The van der Waals surface area contributed by atoms with Crippen LogP contribution in [0, 0.1) is 0 Å². The molecule has 58 valence electrons. The Labute approximate surface area is 65.8 Å². The van der Waals surface area contributed by atoms with E-state index in [0.29, 0.717) is 0 Å². The maximum absolute atomic E-state index is 4.15. The molecular weight excluding hydrogens is 138 g/mol. The number of hydrogen-bond acceptors (Lipinski definition) is 2. The number of aryl methyl sites for hydroxylation is 1. The van der Waals surface area contributed by atoms with Gasteiger partial charge in [0.1, 0.15) is 6.33 Å². The molecule has 3 heteroatoms. The van der Waals surface area contributed by atoms with Crippen molar-refractivity contribution in [3.05, 3.63) is 18.7 Å². The van der Waals surface area contributed by atoms with Gasteiger partial charge in [-0.25, -0.2) is 9.67 Å². The first kappa shape index (κ1) is 6.58. The largest absolute Gasteiger partial charge is 0.246 e. The van der Waals surface area contributed by atoms with E-state index in [9.17, 15) is 0 Å². The molecule has 3 nitrogen and oxygen atoms in total. The van der Waals surface area contributed by atoms with Crippen LogP contribution in [0.4, 0.5) is 0 Å². The maximum Gasteiger partial charge on any atom is 0.153 e. The van der Waals surface area contributed by atoms with Crippen molar-refractivity contribution in [2.75, 3.05) is 0 Å². The molecule has 0 spiro atoms. The Morgan fingerprint density at radius 3 is 3.27 bits per heavy atom. The number of hydrogen-bond donors (Lipinski definition) is 0. The molecule has 0 aliphatic carbocycles. The average Bonchev–Trinajstić information content (AvgIpc) is 2.40. The fourth-order valence-electron chi connectivity index (χ4n) is 1.41. The van der Waals surface area contributed by atoms with E-state index in [-0.39, 0.29) is 0 Å². The van der Waals surface area contributed by atoms with Gasteiger partial charge < -0.3 is 0 Å². The molecule has 0 unspecified atom stereocenters. The molecule has 0 amide bonds. The van der Waals surface area contributed by atoms with Gasteiger partial charge >= 0.3 is 0 Å². The molecule has 1 aromatic rings. The van der Waals surface area contributed by atoms with Crippen molar-refractivity contribution in [2.24, 2.45) is 0 Å². The highest BCUT2D eigenvalue weighted by Gasteiger charge is 2.11. The van der Waals surface area contributed by atoms with E-state index in [4.69, 9.17) is 0 Å². The normalized spacial score (nSPS) is 17.6. The zero-order valence-electron chi connectivity index (χ0n) is 6.45. The van der Waals surface area contributed by atoms with Crippen molar-refractivity contribution in [1.82, 2.24) is 14.8 Å². The molecule has 1 aromatic heterocycles. The lowest BCUT2D eigenvalue weighted by Gasteiger charge is -1.99. The SMILES string of the molecule is C=C1CCCCn2ncnc21. The first-order valence-electron chi connectivity index (χ1n) is 3.94. The summed E-state index contributed by atoms with van der Waals surface area (Å²) in [6.45, 7) is 4.96. The third kappa shape index (κ3) is 1.06. The van der Waals surface area contributed by atoms with Crippen molar-refractivity contribution in [3.8, 4) is 0 Å². The molecule has 0 saturated carbocycles. The van der Waals surface area contributed by atoms with Gasteiger partial charge in [-0.15, -0.1) is 0 Å². The lowest BCUT2D eigenvalue weighted by Crippen LogP contribution is -2.01. The molecular formula is C8H11N3. The summed E-state index contributed by atoms with van der Waals surface area (Å²) in [6.07, 6.45) is 5.07. The molecule has 0 atom stereocenters. The summed E-state index contributed by atoms with van der Waals surface area (Å²) in [4.78, 5) is 4.15. The number of allylic oxidation sites excluding steroid dienone is 1. The minimum absolute atomic E-state index is 0.975. The fourth-order valence-corrected chi connectivity index (χ4v) is 1.41. The highest BCUT2D eigenvalue weighted by atomic mass is 15.3. The van der Waals surface area contributed by atoms with Gasteiger partial charge in [-0.1, -0.05) is 6.58 Å². The molecule has 2 rings (SSSR count). The van der Waals surface area contributed by atoms with Gasteiger partial charge in [0.2, 0.25) is 0 Å². The van der Waals surface area contributed by atoms with Crippen LogP contribution in [0.15, 0.2) is 12.9 Å². The third-order valence-electron chi connectivity index (χ3n) is 2.03. The Morgan fingerprint density at radius 2 is 2.36 bits per heavy atom. The Morgan fingerprint density at radius 1 is 1.45 bits per heavy atom. The smallest absolute Gasteiger partial charge is 0.153 e. The second kappa shape index (κ2) is 2.49. The number of rotatable bonds is 0. The topological polar surface area (TPSA) is 30.7 Å². The maximum atomic E-state index is 4.15. The predicted molar refractivity (Wildman–Crippen MR) is 42.9 cm³/mol. The summed E-state index contributed by atoms with van der Waals surface area (Å²) in [5, 5.41) is 4.11. The minimum atomic E-state index is 0.975. The van der Waals surface area contributed by atoms with E-state index in [2.05, 4.69) is 16.7 Å². The molecule has 0 fully saturated rings. The van der Waals surface area contributed by atoms with Gasteiger partial charge in [-0.2, -0.15) is 5.10 Å². The van der Waals surface area contributed by atoms with E-state index >= 15 is 0 Å². The molecule has 0 saturated heterocycles. The van der Waals surface area contributed by atoms with Crippen LogP contribution < -0.4 is 0 Å². The molecule has 0 N–H and O–H groups in total. The van der Waals surface area contributed by atoms with Crippen LogP contribution in [0.5, 0.6) is 0 Å². The van der Waals surface area contributed by atoms with Gasteiger partial charge in [0.05, 0.1) is 0 Å². The molecule has 1 aliphatic rings. The van der Waals surface area contributed by atoms with Gasteiger partial charge in [-0.3, -0.25) is 0 Å². The second-order valence-corrected chi connectivity index (χ2v) is 2.87. The first-order valence-corrected chi connectivity index (χ1v) is 3.94. The molecule has 2 heterocycles. The quantitative estimate of drug-likeness (QED) is 0.559. The third-order valence-corrected chi connectivity index (χ3v) is 2.03. The summed E-state index contributed by atoms with van der Waals surface area (Å²) in [5.74, 6) is 0.975. The van der Waals surface area contributed by atoms with Gasteiger partial charge in [-0.05, 0) is 24.8 Å². The lowest BCUT2D eigenvalue weighted by molar-refractivity contribution is 0.575. The van der Waals surface area contributed by atoms with E-state index in [1.54, 1.807) is 6.33 Å². The molecule has 1 aliphatic heterocycles. The van der Waals surface area contributed by atoms with Crippen molar-refractivity contribution in [3.63, 3.8) is 0 Å². The number of fused-ring (bicyclic) bond motifs is 1. The van der Waals surface area contributed by atoms with E-state index in [1.807, 2.05) is 4.68 Å². The van der Waals surface area contributed by atoms with Gasteiger partial charge in [0, 0.05) is 6.54 Å². The highest BCUT2D eigenvalue weighted by Crippen LogP contribution is 2.20. The Bertz CT molecular complexity index is 275. The van der Waals surface area contributed by atoms with Crippen molar-refractivity contribution in [2.45, 2.75) is 25.8 Å². The van der Waals surface area contributed by atoms with E-state index in [0.717, 1.165) is 24.4 Å². The molecule has 0 radical (unpaired) electrons. The van der Waals surface area contributed by atoms with Crippen LogP contribution in [0.1, 0.15) is 25.1 Å². The van der Waals surface area contributed by atoms with Crippen LogP contribution in [0.2, 0.25) is 0 Å². The van der Waals surface area contributed by atoms with Crippen LogP contribution in [0.25, 0.3) is 5.57 Å². The summed E-state index contributed by atoms with van der Waals surface area (Å²) < 4.78 is 1.94. The second-order valence-electron chi connectivity index (χ2n) is 2.87. The summed E-state index contributed by atoms with van der Waals surface area (Å²) in [7, 11) is 0. The van der Waals surface area contributed by atoms with Crippen LogP contribution in [-0.4, -0.2) is 14.8 Å². The lowest BCUT2D eigenvalue weighted by atomic mass is 10.1. The number of aromatic nitrogens is 3. The Kier molecular flexibility index (Phi) is 1.49. The van der Waals surface area contributed by atoms with Crippen LogP contribution >= 0.6 is 0 Å². The van der Waals surface area contributed by atoms with Crippen molar-refractivity contribution in [1.29, 1.82) is 0 Å². The summed E-state index contributed by atoms with van der Waals surface area (Å²) in [5.41, 5.74) is 1.13. The average molecular weight is 149 g/mol.